The summed E-state index contributed by atoms with van der Waals surface area (Å²) in [5, 5.41) is 16.8. The molecular weight excluding hydrogens is 743 g/mol. The number of hydrogen-bond acceptors (Lipinski definition) is 1. The van der Waals surface area contributed by atoms with Crippen molar-refractivity contribution in [2.24, 2.45) is 0 Å². The highest BCUT2D eigenvalue weighted by molar-refractivity contribution is 6.14. The number of rotatable bonds is 5. The zero-order valence-corrected chi connectivity index (χ0v) is 32.8. The molecular formula is C56H33N5. The van der Waals surface area contributed by atoms with Crippen molar-refractivity contribution in [2.75, 3.05) is 0 Å². The summed E-state index contributed by atoms with van der Waals surface area (Å²) >= 11 is 0. The van der Waals surface area contributed by atoms with Crippen LogP contribution < -0.4 is 0 Å². The summed E-state index contributed by atoms with van der Waals surface area (Å²) in [5.41, 5.74) is 14.8. The van der Waals surface area contributed by atoms with Crippen LogP contribution in [0, 0.1) is 17.9 Å². The van der Waals surface area contributed by atoms with Gasteiger partial charge in [0, 0.05) is 54.9 Å². The van der Waals surface area contributed by atoms with Crippen LogP contribution in [0.4, 0.5) is 5.69 Å². The predicted octanol–water partition coefficient (Wildman–Crippen LogP) is 14.7. The molecule has 0 atom stereocenters. The van der Waals surface area contributed by atoms with Gasteiger partial charge in [-0.3, -0.25) is 0 Å². The van der Waals surface area contributed by atoms with Gasteiger partial charge < -0.3 is 13.7 Å². The van der Waals surface area contributed by atoms with Crippen LogP contribution in [0.3, 0.4) is 0 Å². The van der Waals surface area contributed by atoms with E-state index >= 15 is 0 Å². The van der Waals surface area contributed by atoms with Gasteiger partial charge in [0.2, 0.25) is 0 Å². The van der Waals surface area contributed by atoms with Crippen molar-refractivity contribution in [1.29, 1.82) is 5.26 Å². The summed E-state index contributed by atoms with van der Waals surface area (Å²) in [4.78, 5) is 3.87. The first-order valence-corrected chi connectivity index (χ1v) is 20.4. The van der Waals surface area contributed by atoms with Crippen molar-refractivity contribution in [3.05, 3.63) is 217 Å². The van der Waals surface area contributed by atoms with Gasteiger partial charge in [0.15, 0.2) is 5.69 Å². The summed E-state index contributed by atoms with van der Waals surface area (Å²) in [6.07, 6.45) is 0. The lowest BCUT2D eigenvalue weighted by Gasteiger charge is -2.16. The van der Waals surface area contributed by atoms with Crippen LogP contribution in [0.25, 0.3) is 110 Å². The molecule has 0 aliphatic heterocycles. The van der Waals surface area contributed by atoms with Crippen molar-refractivity contribution >= 4 is 71.1 Å². The van der Waals surface area contributed by atoms with Gasteiger partial charge in [0.05, 0.1) is 45.7 Å². The Morgan fingerprint density at radius 1 is 0.361 bits per heavy atom. The number of para-hydroxylation sites is 4. The number of nitrogens with zero attached hydrogens (tertiary/aromatic N) is 5. The fourth-order valence-electron chi connectivity index (χ4n) is 9.64. The van der Waals surface area contributed by atoms with E-state index < -0.39 is 0 Å². The lowest BCUT2D eigenvalue weighted by molar-refractivity contribution is 1.16. The van der Waals surface area contributed by atoms with Crippen molar-refractivity contribution in [3.8, 4) is 45.4 Å². The summed E-state index contributed by atoms with van der Waals surface area (Å²) in [7, 11) is 0. The highest BCUT2D eigenvalue weighted by Crippen LogP contribution is 2.43. The van der Waals surface area contributed by atoms with E-state index in [-0.39, 0.29) is 0 Å². The van der Waals surface area contributed by atoms with E-state index in [1.165, 1.54) is 43.6 Å². The Morgan fingerprint density at radius 2 is 0.770 bits per heavy atom. The highest BCUT2D eigenvalue weighted by Gasteiger charge is 2.21. The van der Waals surface area contributed by atoms with Crippen molar-refractivity contribution in [3.63, 3.8) is 0 Å². The molecule has 0 radical (unpaired) electrons. The monoisotopic (exact) mass is 775 g/mol. The number of benzene rings is 9. The third-order valence-corrected chi connectivity index (χ3v) is 12.3. The van der Waals surface area contributed by atoms with E-state index in [2.05, 4.69) is 188 Å². The summed E-state index contributed by atoms with van der Waals surface area (Å²) in [6, 6.07) is 72.8. The number of fused-ring (bicyclic) bond motifs is 9. The van der Waals surface area contributed by atoms with Gasteiger partial charge in [0.25, 0.3) is 0 Å². The maximum atomic E-state index is 9.64. The van der Waals surface area contributed by atoms with Crippen LogP contribution in [0.5, 0.6) is 0 Å². The molecule has 3 aromatic heterocycles. The lowest BCUT2D eigenvalue weighted by Crippen LogP contribution is -1.98. The normalized spacial score (nSPS) is 11.6. The van der Waals surface area contributed by atoms with Gasteiger partial charge in [-0.15, -0.1) is 0 Å². The second-order valence-corrected chi connectivity index (χ2v) is 15.5. The first-order valence-electron chi connectivity index (χ1n) is 20.4. The van der Waals surface area contributed by atoms with Crippen LogP contribution in [-0.4, -0.2) is 13.7 Å². The van der Waals surface area contributed by atoms with E-state index in [4.69, 9.17) is 6.57 Å². The van der Waals surface area contributed by atoms with Crippen LogP contribution in [0.1, 0.15) is 5.56 Å². The third kappa shape index (κ3) is 5.18. The fraction of sp³-hybridized carbons (Fsp3) is 0. The quantitative estimate of drug-likeness (QED) is 0.161. The Balaban J connectivity index is 1.15. The Hall–Kier alpha value is -8.64. The zero-order valence-electron chi connectivity index (χ0n) is 32.8. The van der Waals surface area contributed by atoms with Gasteiger partial charge >= 0.3 is 0 Å². The number of hydrogen-bond donors (Lipinski definition) is 0. The molecule has 0 unspecified atom stereocenters. The van der Waals surface area contributed by atoms with Crippen molar-refractivity contribution < 1.29 is 0 Å². The molecule has 5 nitrogen and oxygen atoms in total. The maximum absolute atomic E-state index is 9.64. The average Bonchev–Trinajstić information content (AvgIpc) is 3.96. The molecule has 0 aliphatic carbocycles. The summed E-state index contributed by atoms with van der Waals surface area (Å²) in [5.74, 6) is 0. The molecule has 12 aromatic rings. The molecule has 0 spiro atoms. The highest BCUT2D eigenvalue weighted by atomic mass is 15.0. The molecule has 0 N–H and O–H groups in total. The van der Waals surface area contributed by atoms with Crippen LogP contribution in [-0.2, 0) is 0 Å². The molecule has 12 rings (SSSR count). The molecule has 0 amide bonds. The Bertz CT molecular complexity index is 3570. The SMILES string of the molecule is [C-]#[N+]c1cc(C#N)ccc1-c1ccc(-n2c3ccc(-n4c5ccccc5c5ccccc54)cc3c3cc(-n4c5ccccc5c5ccccc54)ccc32)cc1-c1ccccc1. The van der Waals surface area contributed by atoms with Crippen LogP contribution >= 0.6 is 0 Å². The molecule has 282 valence electrons. The van der Waals surface area contributed by atoms with Gasteiger partial charge in [-0.1, -0.05) is 115 Å². The van der Waals surface area contributed by atoms with Crippen molar-refractivity contribution in [1.82, 2.24) is 13.7 Å². The zero-order chi connectivity index (χ0) is 40.6. The van der Waals surface area contributed by atoms with E-state index in [0.717, 1.165) is 61.1 Å². The first-order chi connectivity index (χ1) is 30.2. The summed E-state index contributed by atoms with van der Waals surface area (Å²) in [6.45, 7) is 8.04. The van der Waals surface area contributed by atoms with Gasteiger partial charge in [-0.25, -0.2) is 4.85 Å². The summed E-state index contributed by atoms with van der Waals surface area (Å²) < 4.78 is 7.15. The van der Waals surface area contributed by atoms with Crippen LogP contribution in [0.15, 0.2) is 200 Å². The van der Waals surface area contributed by atoms with Gasteiger partial charge in [0.1, 0.15) is 0 Å². The second kappa shape index (κ2) is 13.5. The first kappa shape index (κ1) is 34.4. The molecule has 61 heavy (non-hydrogen) atoms. The molecule has 0 saturated carbocycles. The minimum absolute atomic E-state index is 0.455. The van der Waals surface area contributed by atoms with E-state index in [9.17, 15) is 5.26 Å². The number of aromatic nitrogens is 3. The standard InChI is InChI=1S/C56H33N5/c1-58-50-31-36(35-57)23-27-42(50)41-28-24-38(32-47(41)37-13-3-2-4-14-37)61-55-29-25-39(59-51-19-9-5-15-43(51)44-16-6-10-20-52(44)59)33-48(55)49-34-40(26-30-56(49)61)60-53-21-11-7-17-45(53)46-18-8-12-22-54(46)60/h2-34H. The van der Waals surface area contributed by atoms with E-state index in [1.807, 2.05) is 24.3 Å². The smallest absolute Gasteiger partial charge is 0.196 e. The molecule has 9 aromatic carbocycles. The van der Waals surface area contributed by atoms with E-state index in [1.54, 1.807) is 12.1 Å². The lowest BCUT2D eigenvalue weighted by atomic mass is 9.92. The predicted molar refractivity (Wildman–Crippen MR) is 251 cm³/mol. The molecule has 5 heteroatoms. The fourth-order valence-corrected chi connectivity index (χ4v) is 9.64. The minimum atomic E-state index is 0.455. The Kier molecular flexibility index (Phi) is 7.59. The molecule has 0 aliphatic rings. The Labute approximate surface area is 351 Å². The molecule has 3 heterocycles. The van der Waals surface area contributed by atoms with Crippen molar-refractivity contribution in [2.45, 2.75) is 0 Å². The molecule has 0 fully saturated rings. The second-order valence-electron chi connectivity index (χ2n) is 15.5. The Morgan fingerprint density at radius 3 is 1.25 bits per heavy atom. The third-order valence-electron chi connectivity index (χ3n) is 12.3. The van der Waals surface area contributed by atoms with Gasteiger partial charge in [-0.2, -0.15) is 5.26 Å². The average molecular weight is 776 g/mol. The molecule has 0 saturated heterocycles. The largest absolute Gasteiger partial charge is 0.309 e. The van der Waals surface area contributed by atoms with Crippen LogP contribution in [0.2, 0.25) is 0 Å². The van der Waals surface area contributed by atoms with Gasteiger partial charge in [-0.05, 0) is 107 Å². The maximum Gasteiger partial charge on any atom is 0.196 e. The minimum Gasteiger partial charge on any atom is -0.309 e. The number of nitriles is 1. The molecule has 0 bridgehead atoms. The van der Waals surface area contributed by atoms with E-state index in [0.29, 0.717) is 11.3 Å². The topological polar surface area (TPSA) is 42.9 Å².